The van der Waals surface area contributed by atoms with E-state index in [-0.39, 0.29) is 31.8 Å². The van der Waals surface area contributed by atoms with Crippen molar-refractivity contribution in [2.24, 2.45) is 0 Å². The topological polar surface area (TPSA) is 75.7 Å². The van der Waals surface area contributed by atoms with Crippen LogP contribution in [0.4, 0.5) is 4.39 Å². The molecule has 0 unspecified atom stereocenters. The van der Waals surface area contributed by atoms with E-state index < -0.39 is 21.7 Å². The lowest BCUT2D eigenvalue weighted by atomic mass is 10.2. The van der Waals surface area contributed by atoms with Crippen LogP contribution in [0.5, 0.6) is 0 Å². The molecule has 0 saturated heterocycles. The number of halogens is 1. The number of carbonyl (C=O) groups excluding carboxylic acids is 1. The maximum atomic E-state index is 13.4. The number of hydrogen-bond donors (Lipinski definition) is 1. The average molecular weight is 318 g/mol. The van der Waals surface area contributed by atoms with Gasteiger partial charge in [-0.25, -0.2) is 12.8 Å². The number of methoxy groups -OCH3 is 1. The first-order chi connectivity index (χ1) is 9.86. The van der Waals surface area contributed by atoms with Crippen molar-refractivity contribution >= 4 is 15.9 Å². The molecule has 1 aromatic carbocycles. The van der Waals surface area contributed by atoms with Crippen LogP contribution >= 0.6 is 0 Å². The van der Waals surface area contributed by atoms with Crippen LogP contribution in [0.3, 0.4) is 0 Å². The van der Waals surface area contributed by atoms with Gasteiger partial charge in [0.2, 0.25) is 10.0 Å². The highest BCUT2D eigenvalue weighted by Gasteiger charge is 2.17. The standard InChI is InChI=1S/C13H19FN2O4S/c1-20-10-9-16(21(2,18)19)8-7-15-13(17)11-5-3-4-6-12(11)14/h3-6H,7-10H2,1-2H3,(H,15,17). The number of benzene rings is 1. The van der Waals surface area contributed by atoms with Crippen molar-refractivity contribution in [3.8, 4) is 0 Å². The summed E-state index contributed by atoms with van der Waals surface area (Å²) in [4.78, 5) is 11.8. The van der Waals surface area contributed by atoms with E-state index in [0.29, 0.717) is 0 Å². The Morgan fingerprint density at radius 3 is 2.57 bits per heavy atom. The molecular weight excluding hydrogens is 299 g/mol. The Morgan fingerprint density at radius 2 is 2.00 bits per heavy atom. The van der Waals surface area contributed by atoms with Crippen LogP contribution in [0.2, 0.25) is 0 Å². The third-order valence-electron chi connectivity index (χ3n) is 2.78. The molecule has 1 rings (SSSR count). The molecule has 0 aliphatic carbocycles. The van der Waals surface area contributed by atoms with Gasteiger partial charge in [-0.05, 0) is 12.1 Å². The molecule has 0 saturated carbocycles. The first-order valence-corrected chi connectivity index (χ1v) is 8.18. The van der Waals surface area contributed by atoms with Gasteiger partial charge >= 0.3 is 0 Å². The van der Waals surface area contributed by atoms with Crippen molar-refractivity contribution in [1.29, 1.82) is 0 Å². The number of nitrogens with one attached hydrogen (secondary N) is 1. The minimum absolute atomic E-state index is 0.0692. The summed E-state index contributed by atoms with van der Waals surface area (Å²) in [6.45, 7) is 0.644. The maximum Gasteiger partial charge on any atom is 0.254 e. The number of ether oxygens (including phenoxy) is 1. The predicted octanol–water partition coefficient (Wildman–Crippen LogP) is 0.463. The number of rotatable bonds is 8. The van der Waals surface area contributed by atoms with Gasteiger partial charge in [0, 0.05) is 26.7 Å². The Morgan fingerprint density at radius 1 is 1.33 bits per heavy atom. The molecule has 1 N–H and O–H groups in total. The fourth-order valence-corrected chi connectivity index (χ4v) is 2.50. The van der Waals surface area contributed by atoms with Crippen LogP contribution in [-0.2, 0) is 14.8 Å². The summed E-state index contributed by atoms with van der Waals surface area (Å²) >= 11 is 0. The summed E-state index contributed by atoms with van der Waals surface area (Å²) in [6.07, 6.45) is 1.08. The van der Waals surface area contributed by atoms with E-state index in [1.165, 1.54) is 29.6 Å². The molecule has 0 bridgehead atoms. The lowest BCUT2D eigenvalue weighted by Gasteiger charge is -2.19. The van der Waals surface area contributed by atoms with E-state index in [1.807, 2.05) is 0 Å². The van der Waals surface area contributed by atoms with E-state index in [0.717, 1.165) is 6.26 Å². The lowest BCUT2D eigenvalue weighted by Crippen LogP contribution is -2.39. The minimum Gasteiger partial charge on any atom is -0.383 e. The van der Waals surface area contributed by atoms with Crippen LogP contribution in [0.25, 0.3) is 0 Å². The van der Waals surface area contributed by atoms with Crippen LogP contribution in [0.15, 0.2) is 24.3 Å². The zero-order chi connectivity index (χ0) is 15.9. The van der Waals surface area contributed by atoms with Crippen molar-refractivity contribution < 1.29 is 22.3 Å². The van der Waals surface area contributed by atoms with Gasteiger partial charge in [0.25, 0.3) is 5.91 Å². The molecule has 0 radical (unpaired) electrons. The van der Waals surface area contributed by atoms with Crippen molar-refractivity contribution in [1.82, 2.24) is 9.62 Å². The molecule has 1 aromatic rings. The number of sulfonamides is 1. The number of nitrogens with zero attached hydrogens (tertiary/aromatic N) is 1. The monoisotopic (exact) mass is 318 g/mol. The molecule has 6 nitrogen and oxygen atoms in total. The molecule has 0 atom stereocenters. The van der Waals surface area contributed by atoms with Gasteiger partial charge in [0.1, 0.15) is 5.82 Å². The molecule has 0 spiro atoms. The smallest absolute Gasteiger partial charge is 0.254 e. The Kier molecular flexibility index (Phi) is 6.73. The number of hydrogen-bond acceptors (Lipinski definition) is 4. The maximum absolute atomic E-state index is 13.4. The molecule has 0 aliphatic rings. The third kappa shape index (κ3) is 5.78. The minimum atomic E-state index is -3.38. The fourth-order valence-electron chi connectivity index (χ4n) is 1.67. The molecule has 1 amide bonds. The highest BCUT2D eigenvalue weighted by Crippen LogP contribution is 2.05. The summed E-state index contributed by atoms with van der Waals surface area (Å²) in [5.41, 5.74) is -0.0692. The molecular formula is C13H19FN2O4S. The van der Waals surface area contributed by atoms with Gasteiger partial charge in [-0.1, -0.05) is 12.1 Å². The van der Waals surface area contributed by atoms with Gasteiger partial charge in [0.05, 0.1) is 18.4 Å². The van der Waals surface area contributed by atoms with E-state index in [9.17, 15) is 17.6 Å². The summed E-state index contributed by atoms with van der Waals surface area (Å²) < 4.78 is 42.5. The fraction of sp³-hybridized carbons (Fsp3) is 0.462. The van der Waals surface area contributed by atoms with Crippen LogP contribution in [0.1, 0.15) is 10.4 Å². The van der Waals surface area contributed by atoms with E-state index in [4.69, 9.17) is 4.74 Å². The van der Waals surface area contributed by atoms with Crippen molar-refractivity contribution in [3.63, 3.8) is 0 Å². The van der Waals surface area contributed by atoms with Gasteiger partial charge in [0.15, 0.2) is 0 Å². The van der Waals surface area contributed by atoms with Crippen molar-refractivity contribution in [3.05, 3.63) is 35.6 Å². The second kappa shape index (κ2) is 8.06. The van der Waals surface area contributed by atoms with Crippen molar-refractivity contribution in [2.75, 3.05) is 39.6 Å². The molecule has 0 heterocycles. The highest BCUT2D eigenvalue weighted by atomic mass is 32.2. The lowest BCUT2D eigenvalue weighted by molar-refractivity contribution is 0.0946. The summed E-state index contributed by atoms with van der Waals surface area (Å²) in [5, 5.41) is 2.49. The first-order valence-electron chi connectivity index (χ1n) is 6.33. The van der Waals surface area contributed by atoms with Gasteiger partial charge in [-0.2, -0.15) is 4.31 Å². The molecule has 8 heteroatoms. The molecule has 0 fully saturated rings. The predicted molar refractivity (Wildman–Crippen MR) is 77.0 cm³/mol. The van der Waals surface area contributed by atoms with Gasteiger partial charge in [-0.15, -0.1) is 0 Å². The van der Waals surface area contributed by atoms with Crippen LogP contribution in [-0.4, -0.2) is 58.2 Å². The molecule has 0 aliphatic heterocycles. The summed E-state index contributed by atoms with van der Waals surface area (Å²) in [6, 6.07) is 5.60. The molecule has 0 aromatic heterocycles. The van der Waals surface area contributed by atoms with Gasteiger partial charge < -0.3 is 10.1 Å². The Hall–Kier alpha value is -1.51. The first kappa shape index (κ1) is 17.5. The molecule has 21 heavy (non-hydrogen) atoms. The van der Waals surface area contributed by atoms with Crippen LogP contribution in [0, 0.1) is 5.82 Å². The zero-order valence-electron chi connectivity index (χ0n) is 12.0. The SMILES string of the molecule is COCCN(CCNC(=O)c1ccccc1F)S(C)(=O)=O. The Labute approximate surface area is 123 Å². The number of amides is 1. The highest BCUT2D eigenvalue weighted by molar-refractivity contribution is 7.88. The third-order valence-corrected chi connectivity index (χ3v) is 4.08. The normalized spacial score (nSPS) is 11.6. The Bertz CT molecular complexity index is 577. The van der Waals surface area contributed by atoms with Crippen LogP contribution < -0.4 is 5.32 Å². The zero-order valence-corrected chi connectivity index (χ0v) is 12.8. The largest absolute Gasteiger partial charge is 0.383 e. The second-order valence-corrected chi connectivity index (χ2v) is 6.37. The van der Waals surface area contributed by atoms with Crippen molar-refractivity contribution in [2.45, 2.75) is 0 Å². The Balaban J connectivity index is 2.54. The molecule has 118 valence electrons. The average Bonchev–Trinajstić information content (AvgIpc) is 2.41. The van der Waals surface area contributed by atoms with E-state index in [1.54, 1.807) is 6.07 Å². The number of carbonyl (C=O) groups is 1. The van der Waals surface area contributed by atoms with E-state index >= 15 is 0 Å². The summed E-state index contributed by atoms with van der Waals surface area (Å²) in [7, 11) is -1.91. The summed E-state index contributed by atoms with van der Waals surface area (Å²) in [5.74, 6) is -1.19. The van der Waals surface area contributed by atoms with Gasteiger partial charge in [-0.3, -0.25) is 4.79 Å². The van der Waals surface area contributed by atoms with E-state index in [2.05, 4.69) is 5.32 Å². The quantitative estimate of drug-likeness (QED) is 0.756. The second-order valence-electron chi connectivity index (χ2n) is 4.39.